The molecule has 0 saturated heterocycles. The summed E-state index contributed by atoms with van der Waals surface area (Å²) in [5, 5.41) is 14.5. The van der Waals surface area contributed by atoms with Gasteiger partial charge in [0.1, 0.15) is 11.0 Å². The van der Waals surface area contributed by atoms with Crippen LogP contribution in [0, 0.1) is 30.9 Å². The van der Waals surface area contributed by atoms with Gasteiger partial charge in [0.2, 0.25) is 0 Å². The monoisotopic (exact) mass is 351 g/mol. The summed E-state index contributed by atoms with van der Waals surface area (Å²) in [6, 6.07) is 3.81. The highest BCUT2D eigenvalue weighted by atomic mass is 79.9. The predicted octanol–water partition coefficient (Wildman–Crippen LogP) is 3.36. The van der Waals surface area contributed by atoms with Crippen molar-refractivity contribution >= 4 is 27.5 Å². The van der Waals surface area contributed by atoms with Crippen LogP contribution in [0.5, 0.6) is 0 Å². The average Bonchev–Trinajstić information content (AvgIpc) is 2.74. The van der Waals surface area contributed by atoms with Crippen LogP contribution in [-0.4, -0.2) is 20.5 Å². The molecule has 0 unspecified atom stereocenters. The number of ketones is 1. The standard InChI is InChI=1S/C14H14BrN3O3/c1-8-4-10(3)11(5-9(8)2)13(19)7-17-6-12(15)14(16-17)18(20)21/h4-6H,7H2,1-3H3. The molecule has 1 aromatic carbocycles. The number of benzene rings is 1. The Balaban J connectivity index is 2.28. The maximum Gasteiger partial charge on any atom is 0.404 e. The fraction of sp³-hybridized carbons (Fsp3) is 0.286. The van der Waals surface area contributed by atoms with Gasteiger partial charge in [-0.15, -0.1) is 0 Å². The van der Waals surface area contributed by atoms with Crippen LogP contribution in [0.25, 0.3) is 0 Å². The van der Waals surface area contributed by atoms with Gasteiger partial charge in [-0.05, 0) is 64.4 Å². The van der Waals surface area contributed by atoms with E-state index in [1.807, 2.05) is 32.9 Å². The summed E-state index contributed by atoms with van der Waals surface area (Å²) >= 11 is 3.06. The van der Waals surface area contributed by atoms with Crippen LogP contribution in [0.4, 0.5) is 5.82 Å². The maximum atomic E-state index is 12.3. The van der Waals surface area contributed by atoms with Gasteiger partial charge in [-0.2, -0.15) is 4.68 Å². The van der Waals surface area contributed by atoms with E-state index >= 15 is 0 Å². The summed E-state index contributed by atoms with van der Waals surface area (Å²) in [5.74, 6) is -0.417. The molecule has 1 heterocycles. The molecular formula is C14H14BrN3O3. The molecule has 21 heavy (non-hydrogen) atoms. The van der Waals surface area contributed by atoms with Crippen molar-refractivity contribution in [2.45, 2.75) is 27.3 Å². The highest BCUT2D eigenvalue weighted by molar-refractivity contribution is 9.10. The molecule has 0 spiro atoms. The number of nitro groups is 1. The Labute approximate surface area is 130 Å². The van der Waals surface area contributed by atoms with Gasteiger partial charge >= 0.3 is 5.82 Å². The minimum Gasteiger partial charge on any atom is -0.358 e. The number of aromatic nitrogens is 2. The highest BCUT2D eigenvalue weighted by Crippen LogP contribution is 2.22. The second kappa shape index (κ2) is 5.77. The molecule has 0 atom stereocenters. The first-order valence-electron chi connectivity index (χ1n) is 6.28. The number of halogens is 1. The Bertz CT molecular complexity index is 737. The van der Waals surface area contributed by atoms with Crippen LogP contribution in [0.3, 0.4) is 0 Å². The molecule has 2 rings (SSSR count). The topological polar surface area (TPSA) is 78.0 Å². The third kappa shape index (κ3) is 3.18. The van der Waals surface area contributed by atoms with Crippen molar-refractivity contribution in [3.63, 3.8) is 0 Å². The van der Waals surface area contributed by atoms with Gasteiger partial charge in [0.15, 0.2) is 5.78 Å². The van der Waals surface area contributed by atoms with Crippen molar-refractivity contribution < 1.29 is 9.72 Å². The fourth-order valence-corrected chi connectivity index (χ4v) is 2.55. The van der Waals surface area contributed by atoms with Crippen LogP contribution in [0.1, 0.15) is 27.0 Å². The van der Waals surface area contributed by atoms with Crippen molar-refractivity contribution in [3.8, 4) is 0 Å². The first kappa shape index (κ1) is 15.4. The summed E-state index contributed by atoms with van der Waals surface area (Å²) in [5.41, 5.74) is 3.68. The zero-order valence-electron chi connectivity index (χ0n) is 11.9. The van der Waals surface area contributed by atoms with Gasteiger partial charge in [0.05, 0.1) is 11.3 Å². The van der Waals surface area contributed by atoms with Gasteiger partial charge in [0.25, 0.3) is 0 Å². The summed E-state index contributed by atoms with van der Waals surface area (Å²) in [6.07, 6.45) is 1.44. The highest BCUT2D eigenvalue weighted by Gasteiger charge is 2.21. The van der Waals surface area contributed by atoms with E-state index in [0.717, 1.165) is 16.7 Å². The molecule has 0 saturated carbocycles. The molecule has 0 aliphatic carbocycles. The van der Waals surface area contributed by atoms with Crippen LogP contribution in [0.2, 0.25) is 0 Å². The number of carbonyl (C=O) groups excluding carboxylic acids is 1. The lowest BCUT2D eigenvalue weighted by molar-refractivity contribution is -0.390. The Morgan fingerprint density at radius 3 is 2.48 bits per heavy atom. The third-order valence-electron chi connectivity index (χ3n) is 3.32. The lowest BCUT2D eigenvalue weighted by Crippen LogP contribution is -2.13. The molecule has 110 valence electrons. The summed E-state index contributed by atoms with van der Waals surface area (Å²) in [7, 11) is 0. The molecule has 0 aliphatic heterocycles. The number of carbonyl (C=O) groups is 1. The van der Waals surface area contributed by atoms with Gasteiger partial charge in [-0.1, -0.05) is 6.07 Å². The van der Waals surface area contributed by atoms with E-state index in [-0.39, 0.29) is 22.6 Å². The largest absolute Gasteiger partial charge is 0.404 e. The third-order valence-corrected chi connectivity index (χ3v) is 3.88. The van der Waals surface area contributed by atoms with E-state index in [0.29, 0.717) is 5.56 Å². The normalized spacial score (nSPS) is 10.7. The Morgan fingerprint density at radius 2 is 1.90 bits per heavy atom. The van der Waals surface area contributed by atoms with E-state index in [1.165, 1.54) is 10.9 Å². The molecule has 0 fully saturated rings. The van der Waals surface area contributed by atoms with Gasteiger partial charge in [0, 0.05) is 5.56 Å². The Kier molecular flexibility index (Phi) is 4.22. The number of Topliss-reactive ketones (excluding diaryl/α,β-unsaturated/α-hetero) is 1. The lowest BCUT2D eigenvalue weighted by Gasteiger charge is -2.08. The van der Waals surface area contributed by atoms with Crippen LogP contribution >= 0.6 is 15.9 Å². The van der Waals surface area contributed by atoms with E-state index in [2.05, 4.69) is 21.0 Å². The van der Waals surface area contributed by atoms with Crippen LogP contribution < -0.4 is 0 Å². The van der Waals surface area contributed by atoms with Gasteiger partial charge < -0.3 is 10.1 Å². The Morgan fingerprint density at radius 1 is 1.29 bits per heavy atom. The molecule has 6 nitrogen and oxygen atoms in total. The van der Waals surface area contributed by atoms with Crippen molar-refractivity contribution in [2.75, 3.05) is 0 Å². The van der Waals surface area contributed by atoms with Gasteiger partial charge in [-0.3, -0.25) is 4.79 Å². The molecule has 0 bridgehead atoms. The minimum absolute atomic E-state index is 0.0320. The number of aryl methyl sites for hydroxylation is 3. The number of hydrogen-bond donors (Lipinski definition) is 0. The van der Waals surface area contributed by atoms with Crippen LogP contribution in [0.15, 0.2) is 22.8 Å². The second-order valence-electron chi connectivity index (χ2n) is 4.93. The van der Waals surface area contributed by atoms with Crippen molar-refractivity contribution in [2.24, 2.45) is 0 Å². The zero-order chi connectivity index (χ0) is 15.7. The minimum atomic E-state index is -0.591. The van der Waals surface area contributed by atoms with Crippen molar-refractivity contribution in [1.82, 2.24) is 9.78 Å². The smallest absolute Gasteiger partial charge is 0.358 e. The maximum absolute atomic E-state index is 12.3. The Hall–Kier alpha value is -2.02. The van der Waals surface area contributed by atoms with Crippen molar-refractivity contribution in [1.29, 1.82) is 0 Å². The summed E-state index contributed by atoms with van der Waals surface area (Å²) in [4.78, 5) is 22.5. The molecule has 2 aromatic rings. The molecule has 1 aromatic heterocycles. The SMILES string of the molecule is Cc1cc(C)c(C(=O)Cn2cc(Br)c([N+](=O)[O-])n2)cc1C. The molecule has 0 radical (unpaired) electrons. The van der Waals surface area contributed by atoms with E-state index < -0.39 is 4.92 Å². The van der Waals surface area contributed by atoms with E-state index in [9.17, 15) is 14.9 Å². The van der Waals surface area contributed by atoms with Gasteiger partial charge in [-0.25, -0.2) is 0 Å². The number of rotatable bonds is 4. The van der Waals surface area contributed by atoms with Crippen molar-refractivity contribution in [3.05, 3.63) is 55.2 Å². The molecule has 0 N–H and O–H groups in total. The van der Waals surface area contributed by atoms with Crippen LogP contribution in [-0.2, 0) is 6.54 Å². The quantitative estimate of drug-likeness (QED) is 0.480. The zero-order valence-corrected chi connectivity index (χ0v) is 13.5. The predicted molar refractivity (Wildman–Crippen MR) is 81.6 cm³/mol. The fourth-order valence-electron chi connectivity index (χ4n) is 2.08. The average molecular weight is 352 g/mol. The molecular weight excluding hydrogens is 338 g/mol. The summed E-state index contributed by atoms with van der Waals surface area (Å²) in [6.45, 7) is 5.78. The van der Waals surface area contributed by atoms with E-state index in [4.69, 9.17) is 0 Å². The first-order chi connectivity index (χ1) is 9.79. The molecule has 0 aliphatic rings. The molecule has 7 heteroatoms. The second-order valence-corrected chi connectivity index (χ2v) is 5.78. The van der Waals surface area contributed by atoms with E-state index in [1.54, 1.807) is 0 Å². The molecule has 0 amide bonds. The number of hydrogen-bond acceptors (Lipinski definition) is 4. The number of nitrogens with zero attached hydrogens (tertiary/aromatic N) is 3. The first-order valence-corrected chi connectivity index (χ1v) is 7.07. The summed E-state index contributed by atoms with van der Waals surface area (Å²) < 4.78 is 1.54. The lowest BCUT2D eigenvalue weighted by atomic mass is 9.98.